The van der Waals surface area contributed by atoms with Gasteiger partial charge in [0.05, 0.1) is 32.7 Å². The number of amides is 3. The first kappa shape index (κ1) is 22.2. The van der Waals surface area contributed by atoms with E-state index in [0.29, 0.717) is 31.9 Å². The predicted molar refractivity (Wildman–Crippen MR) is 116 cm³/mol. The van der Waals surface area contributed by atoms with Crippen molar-refractivity contribution in [1.82, 2.24) is 10.2 Å². The van der Waals surface area contributed by atoms with Crippen molar-refractivity contribution in [2.75, 3.05) is 44.6 Å². The fourth-order valence-electron chi connectivity index (χ4n) is 3.32. The number of quaternary nitrogens is 1. The Morgan fingerprint density at radius 1 is 1.03 bits per heavy atom. The lowest BCUT2D eigenvalue weighted by molar-refractivity contribution is -0.895. The van der Waals surface area contributed by atoms with Gasteiger partial charge in [0, 0.05) is 11.8 Å². The van der Waals surface area contributed by atoms with E-state index in [-0.39, 0.29) is 30.8 Å². The summed E-state index contributed by atoms with van der Waals surface area (Å²) in [6.45, 7) is 2.47. The van der Waals surface area contributed by atoms with Crippen molar-refractivity contribution in [3.8, 4) is 0 Å². The van der Waals surface area contributed by atoms with Gasteiger partial charge in [-0.3, -0.25) is 14.4 Å². The highest BCUT2D eigenvalue weighted by Gasteiger charge is 2.25. The lowest BCUT2D eigenvalue weighted by Crippen LogP contribution is -3.15. The molecule has 3 rings (SSSR count). The summed E-state index contributed by atoms with van der Waals surface area (Å²) >= 11 is 0. The van der Waals surface area contributed by atoms with Gasteiger partial charge in [0.1, 0.15) is 5.82 Å². The fourth-order valence-corrected chi connectivity index (χ4v) is 3.32. The second-order valence-electron chi connectivity index (χ2n) is 7.33. The van der Waals surface area contributed by atoms with Crippen molar-refractivity contribution < 1.29 is 23.7 Å². The number of benzene rings is 2. The van der Waals surface area contributed by atoms with E-state index in [4.69, 9.17) is 0 Å². The average molecular weight is 425 g/mol. The molecule has 0 bridgehead atoms. The number of nitrogens with one attached hydrogen (secondary N) is 3. The predicted octanol–water partition coefficient (Wildman–Crippen LogP) is 0.321. The number of halogens is 1. The number of nitrogens with zero attached hydrogens (tertiary/aromatic N) is 1. The van der Waals surface area contributed by atoms with Crippen LogP contribution in [-0.4, -0.2) is 61.9 Å². The highest BCUT2D eigenvalue weighted by Crippen LogP contribution is 2.08. The Bertz CT molecular complexity index is 941. The molecule has 8 heteroatoms. The third-order valence-electron chi connectivity index (χ3n) is 4.98. The lowest BCUT2D eigenvalue weighted by atomic mass is 10.2. The van der Waals surface area contributed by atoms with Crippen LogP contribution in [0.5, 0.6) is 0 Å². The van der Waals surface area contributed by atoms with E-state index in [2.05, 4.69) is 10.6 Å². The van der Waals surface area contributed by atoms with E-state index < -0.39 is 5.82 Å². The largest absolute Gasteiger partial charge is 0.343 e. The van der Waals surface area contributed by atoms with Crippen LogP contribution in [0.4, 0.5) is 10.1 Å². The highest BCUT2D eigenvalue weighted by molar-refractivity contribution is 5.94. The smallest absolute Gasteiger partial charge is 0.279 e. The Kier molecular flexibility index (Phi) is 7.89. The number of rotatable bonds is 7. The number of carbonyl (C=O) groups is 3. The first-order valence-electron chi connectivity index (χ1n) is 10.2. The summed E-state index contributed by atoms with van der Waals surface area (Å²) in [6, 6.07) is 15.2. The average Bonchev–Trinajstić information content (AvgIpc) is 2.77. The van der Waals surface area contributed by atoms with E-state index in [1.165, 1.54) is 18.2 Å². The van der Waals surface area contributed by atoms with Crippen LogP contribution in [0.15, 0.2) is 60.7 Å². The van der Waals surface area contributed by atoms with Crippen molar-refractivity contribution in [2.45, 2.75) is 0 Å². The molecule has 0 spiro atoms. The van der Waals surface area contributed by atoms with E-state index >= 15 is 0 Å². The lowest BCUT2D eigenvalue weighted by Gasteiger charge is -2.31. The van der Waals surface area contributed by atoms with Gasteiger partial charge in [-0.15, -0.1) is 0 Å². The third-order valence-corrected chi connectivity index (χ3v) is 4.98. The maximum Gasteiger partial charge on any atom is 0.279 e. The van der Waals surface area contributed by atoms with Crippen LogP contribution >= 0.6 is 0 Å². The van der Waals surface area contributed by atoms with Crippen LogP contribution in [0.25, 0.3) is 6.08 Å². The molecule has 1 aliphatic heterocycles. The topological polar surface area (TPSA) is 83.0 Å². The zero-order valence-electron chi connectivity index (χ0n) is 17.1. The molecule has 1 fully saturated rings. The van der Waals surface area contributed by atoms with Crippen molar-refractivity contribution >= 4 is 29.5 Å². The van der Waals surface area contributed by atoms with Crippen molar-refractivity contribution in [2.24, 2.45) is 0 Å². The van der Waals surface area contributed by atoms with Crippen LogP contribution in [0.1, 0.15) is 5.56 Å². The molecule has 0 aromatic heterocycles. The number of piperazine rings is 1. The van der Waals surface area contributed by atoms with E-state index in [9.17, 15) is 18.8 Å². The number of hydrogen-bond donors (Lipinski definition) is 3. The molecule has 1 aliphatic rings. The van der Waals surface area contributed by atoms with Gasteiger partial charge < -0.3 is 20.4 Å². The van der Waals surface area contributed by atoms with Crippen LogP contribution in [0.3, 0.4) is 0 Å². The number of anilines is 1. The Balaban J connectivity index is 1.36. The number of carbonyl (C=O) groups excluding carboxylic acids is 3. The maximum absolute atomic E-state index is 13.2. The Labute approximate surface area is 180 Å². The van der Waals surface area contributed by atoms with E-state index in [1.54, 1.807) is 23.1 Å². The normalized spacial score (nSPS) is 14.4. The van der Waals surface area contributed by atoms with Gasteiger partial charge in [0.2, 0.25) is 11.8 Å². The van der Waals surface area contributed by atoms with Crippen molar-refractivity contribution in [3.05, 3.63) is 72.1 Å². The molecule has 0 unspecified atom stereocenters. The summed E-state index contributed by atoms with van der Waals surface area (Å²) in [5.41, 5.74) is 1.33. The molecule has 3 amide bonds. The molecule has 0 saturated carbocycles. The summed E-state index contributed by atoms with van der Waals surface area (Å²) in [6.07, 6.45) is 3.10. The van der Waals surface area contributed by atoms with Gasteiger partial charge in [-0.05, 0) is 29.8 Å². The minimum absolute atomic E-state index is 0.0621. The van der Waals surface area contributed by atoms with Gasteiger partial charge in [-0.2, -0.15) is 0 Å². The summed E-state index contributed by atoms with van der Waals surface area (Å²) in [5, 5.41) is 5.29. The zero-order valence-corrected chi connectivity index (χ0v) is 17.1. The summed E-state index contributed by atoms with van der Waals surface area (Å²) in [7, 11) is 0. The van der Waals surface area contributed by atoms with Crippen LogP contribution in [0, 0.1) is 5.82 Å². The van der Waals surface area contributed by atoms with Crippen LogP contribution < -0.4 is 15.5 Å². The van der Waals surface area contributed by atoms with Crippen LogP contribution in [-0.2, 0) is 14.4 Å². The van der Waals surface area contributed by atoms with Crippen molar-refractivity contribution in [1.29, 1.82) is 0 Å². The molecule has 31 heavy (non-hydrogen) atoms. The first-order chi connectivity index (χ1) is 15.0. The molecular formula is C23H26FN4O3+. The van der Waals surface area contributed by atoms with Crippen LogP contribution in [0.2, 0.25) is 0 Å². The van der Waals surface area contributed by atoms with Crippen molar-refractivity contribution in [3.63, 3.8) is 0 Å². The van der Waals surface area contributed by atoms with Gasteiger partial charge in [-0.1, -0.05) is 36.4 Å². The molecule has 1 heterocycles. The highest BCUT2D eigenvalue weighted by atomic mass is 19.1. The summed E-state index contributed by atoms with van der Waals surface area (Å²) < 4.78 is 13.2. The Morgan fingerprint density at radius 3 is 2.48 bits per heavy atom. The first-order valence-corrected chi connectivity index (χ1v) is 10.2. The maximum atomic E-state index is 13.2. The molecular weight excluding hydrogens is 399 g/mol. The molecule has 3 N–H and O–H groups in total. The SMILES string of the molecule is O=C(/C=C/c1ccccc1)NCC(=O)N1CC[NH+](CC(=O)Nc2cccc(F)c2)CC1. The number of hydrogen-bond acceptors (Lipinski definition) is 3. The standard InChI is InChI=1S/C23H25FN4O3/c24-19-7-4-8-20(15-19)26-22(30)17-27-11-13-28(14-12-27)23(31)16-25-21(29)10-9-18-5-2-1-3-6-18/h1-10,15H,11-14,16-17H2,(H,25,29)(H,26,30)/p+1/b10-9+. The Morgan fingerprint density at radius 2 is 1.77 bits per heavy atom. The molecule has 162 valence electrons. The second-order valence-corrected chi connectivity index (χ2v) is 7.33. The fraction of sp³-hybridized carbons (Fsp3) is 0.261. The van der Waals surface area contributed by atoms with E-state index in [0.717, 1.165) is 10.5 Å². The molecule has 7 nitrogen and oxygen atoms in total. The monoisotopic (exact) mass is 425 g/mol. The van der Waals surface area contributed by atoms with Gasteiger partial charge >= 0.3 is 0 Å². The molecule has 0 radical (unpaired) electrons. The third kappa shape index (κ3) is 7.35. The summed E-state index contributed by atoms with van der Waals surface area (Å²) in [4.78, 5) is 39.1. The molecule has 0 atom stereocenters. The van der Waals surface area contributed by atoms with Gasteiger partial charge in [-0.25, -0.2) is 4.39 Å². The second kappa shape index (κ2) is 11.0. The molecule has 2 aromatic rings. The van der Waals surface area contributed by atoms with Gasteiger partial charge in [0.25, 0.3) is 5.91 Å². The summed E-state index contributed by atoms with van der Waals surface area (Å²) in [5.74, 6) is -1.07. The molecule has 0 aliphatic carbocycles. The van der Waals surface area contributed by atoms with Gasteiger partial charge in [0.15, 0.2) is 6.54 Å². The van der Waals surface area contributed by atoms with E-state index in [1.807, 2.05) is 30.3 Å². The molecule has 2 aromatic carbocycles. The molecule has 1 saturated heterocycles. The minimum Gasteiger partial charge on any atom is -0.343 e. The zero-order chi connectivity index (χ0) is 22.1. The Hall–Kier alpha value is -3.52. The minimum atomic E-state index is -0.403. The quantitative estimate of drug-likeness (QED) is 0.559.